The Kier molecular flexibility index (Phi) is 2.96. The third kappa shape index (κ3) is 2.50. The molecule has 62 valence electrons. The molecule has 0 aliphatic carbocycles. The van der Waals surface area contributed by atoms with Crippen LogP contribution in [0.5, 0.6) is 5.75 Å². The maximum Gasteiger partial charge on any atom is 0.128 e. The number of anilines is 1. The van der Waals surface area contributed by atoms with Crippen LogP contribution in [0.25, 0.3) is 0 Å². The van der Waals surface area contributed by atoms with Crippen LogP contribution in [0.2, 0.25) is 0 Å². The van der Waals surface area contributed by atoms with Crippen molar-refractivity contribution in [1.82, 2.24) is 0 Å². The van der Waals surface area contributed by atoms with Gasteiger partial charge in [0.1, 0.15) is 5.75 Å². The van der Waals surface area contributed by atoms with Gasteiger partial charge in [0.25, 0.3) is 0 Å². The first-order valence-corrected chi connectivity index (χ1v) is 3.62. The lowest BCUT2D eigenvalue weighted by atomic mass is 10.3. The van der Waals surface area contributed by atoms with E-state index >= 15 is 0 Å². The predicted molar refractivity (Wildman–Crippen MR) is 50.8 cm³/mol. The van der Waals surface area contributed by atoms with Gasteiger partial charge in [-0.1, -0.05) is 18.7 Å². The summed E-state index contributed by atoms with van der Waals surface area (Å²) in [7, 11) is 0. The van der Waals surface area contributed by atoms with E-state index in [0.717, 1.165) is 5.75 Å². The van der Waals surface area contributed by atoms with Crippen LogP contribution in [-0.4, -0.2) is 0 Å². The molecule has 0 amide bonds. The topological polar surface area (TPSA) is 35.2 Å². The van der Waals surface area contributed by atoms with Crippen LogP contribution in [0.3, 0.4) is 0 Å². The van der Waals surface area contributed by atoms with Gasteiger partial charge in [-0.3, -0.25) is 0 Å². The van der Waals surface area contributed by atoms with Crippen LogP contribution < -0.4 is 10.5 Å². The van der Waals surface area contributed by atoms with Crippen molar-refractivity contribution in [1.29, 1.82) is 0 Å². The van der Waals surface area contributed by atoms with Gasteiger partial charge in [-0.25, -0.2) is 0 Å². The molecule has 0 aromatic heterocycles. The number of benzene rings is 1. The Bertz CT molecular complexity index is 292. The van der Waals surface area contributed by atoms with Gasteiger partial charge in [0.15, 0.2) is 0 Å². The largest absolute Gasteiger partial charge is 0.465 e. The minimum absolute atomic E-state index is 0.694. The average Bonchev–Trinajstić information content (AvgIpc) is 2.05. The second kappa shape index (κ2) is 4.23. The van der Waals surface area contributed by atoms with Crippen LogP contribution in [-0.2, 0) is 0 Å². The zero-order chi connectivity index (χ0) is 8.81. The normalized spacial score (nSPS) is 10.0. The fraction of sp³-hybridized carbons (Fsp3) is 0. The minimum atomic E-state index is 0.694. The highest BCUT2D eigenvalue weighted by molar-refractivity contribution is 5.43. The molecule has 12 heavy (non-hydrogen) atoms. The van der Waals surface area contributed by atoms with Gasteiger partial charge >= 0.3 is 0 Å². The van der Waals surface area contributed by atoms with E-state index in [4.69, 9.17) is 10.5 Å². The maximum atomic E-state index is 5.54. The Hall–Kier alpha value is -1.70. The first kappa shape index (κ1) is 8.40. The van der Waals surface area contributed by atoms with Gasteiger partial charge in [-0.05, 0) is 18.2 Å². The Morgan fingerprint density at radius 1 is 1.42 bits per heavy atom. The smallest absolute Gasteiger partial charge is 0.128 e. The maximum absolute atomic E-state index is 5.54. The molecule has 0 aliphatic rings. The summed E-state index contributed by atoms with van der Waals surface area (Å²) in [6.45, 7) is 3.52. The molecule has 0 fully saturated rings. The standard InChI is InChI=1S/C10H11NO/c1-2-3-7-12-10-6-4-5-9(11)8-10/h2-8H,1,11H2. The average molecular weight is 161 g/mol. The molecule has 2 heteroatoms. The molecule has 0 heterocycles. The highest BCUT2D eigenvalue weighted by Crippen LogP contribution is 2.14. The van der Waals surface area contributed by atoms with Crippen LogP contribution >= 0.6 is 0 Å². The molecule has 0 radical (unpaired) electrons. The molecular weight excluding hydrogens is 150 g/mol. The van der Waals surface area contributed by atoms with E-state index in [0.29, 0.717) is 5.69 Å². The summed E-state index contributed by atoms with van der Waals surface area (Å²) in [6, 6.07) is 7.24. The van der Waals surface area contributed by atoms with Crippen molar-refractivity contribution in [2.24, 2.45) is 0 Å². The van der Waals surface area contributed by atoms with E-state index in [9.17, 15) is 0 Å². The second-order valence-electron chi connectivity index (χ2n) is 2.25. The van der Waals surface area contributed by atoms with Gasteiger partial charge in [0, 0.05) is 11.8 Å². The molecule has 0 bridgehead atoms. The van der Waals surface area contributed by atoms with Gasteiger partial charge in [0.05, 0.1) is 6.26 Å². The second-order valence-corrected chi connectivity index (χ2v) is 2.25. The Morgan fingerprint density at radius 2 is 2.25 bits per heavy atom. The summed E-state index contributed by atoms with van der Waals surface area (Å²) in [5.74, 6) is 0.730. The fourth-order valence-electron chi connectivity index (χ4n) is 0.761. The fourth-order valence-corrected chi connectivity index (χ4v) is 0.761. The minimum Gasteiger partial charge on any atom is -0.465 e. The lowest BCUT2D eigenvalue weighted by Crippen LogP contribution is -1.85. The van der Waals surface area contributed by atoms with Crippen LogP contribution in [0.1, 0.15) is 0 Å². The van der Waals surface area contributed by atoms with Crippen molar-refractivity contribution in [3.63, 3.8) is 0 Å². The molecule has 0 unspecified atom stereocenters. The zero-order valence-corrected chi connectivity index (χ0v) is 6.73. The number of allylic oxidation sites excluding steroid dienone is 2. The van der Waals surface area contributed by atoms with Gasteiger partial charge < -0.3 is 10.5 Å². The molecule has 0 spiro atoms. The molecule has 2 nitrogen and oxygen atoms in total. The van der Waals surface area contributed by atoms with E-state index in [-0.39, 0.29) is 0 Å². The highest BCUT2D eigenvalue weighted by atomic mass is 16.5. The number of ether oxygens (including phenoxy) is 1. The Morgan fingerprint density at radius 3 is 2.92 bits per heavy atom. The molecule has 1 aromatic carbocycles. The van der Waals surface area contributed by atoms with E-state index in [1.807, 2.05) is 18.2 Å². The van der Waals surface area contributed by atoms with Crippen molar-refractivity contribution in [2.75, 3.05) is 5.73 Å². The van der Waals surface area contributed by atoms with Crippen molar-refractivity contribution < 1.29 is 4.74 Å². The first-order chi connectivity index (χ1) is 5.83. The SMILES string of the molecule is C=CC=COc1cccc(N)c1. The van der Waals surface area contributed by atoms with Gasteiger partial charge in [-0.2, -0.15) is 0 Å². The number of rotatable bonds is 3. The number of nitrogens with two attached hydrogens (primary N) is 1. The zero-order valence-electron chi connectivity index (χ0n) is 6.73. The summed E-state index contributed by atoms with van der Waals surface area (Å²) >= 11 is 0. The monoisotopic (exact) mass is 161 g/mol. The Labute approximate surface area is 72.0 Å². The quantitative estimate of drug-likeness (QED) is 0.419. The van der Waals surface area contributed by atoms with Crippen molar-refractivity contribution in [3.8, 4) is 5.75 Å². The van der Waals surface area contributed by atoms with E-state index < -0.39 is 0 Å². The van der Waals surface area contributed by atoms with Gasteiger partial charge in [-0.15, -0.1) is 0 Å². The van der Waals surface area contributed by atoms with Gasteiger partial charge in [0.2, 0.25) is 0 Å². The molecule has 0 saturated heterocycles. The molecule has 0 atom stereocenters. The lowest BCUT2D eigenvalue weighted by molar-refractivity contribution is 0.482. The molecule has 2 N–H and O–H groups in total. The Balaban J connectivity index is 2.63. The predicted octanol–water partition coefficient (Wildman–Crippen LogP) is 2.35. The molecular formula is C10H11NO. The summed E-state index contributed by atoms with van der Waals surface area (Å²) in [5, 5.41) is 0. The summed E-state index contributed by atoms with van der Waals surface area (Å²) in [6.07, 6.45) is 4.91. The van der Waals surface area contributed by atoms with E-state index in [1.54, 1.807) is 24.5 Å². The number of hydrogen-bond acceptors (Lipinski definition) is 2. The van der Waals surface area contributed by atoms with Crippen molar-refractivity contribution in [3.05, 3.63) is 49.3 Å². The molecule has 0 aliphatic heterocycles. The summed E-state index contributed by atoms with van der Waals surface area (Å²) in [5.41, 5.74) is 6.23. The van der Waals surface area contributed by atoms with Crippen LogP contribution in [0.15, 0.2) is 49.3 Å². The molecule has 1 aromatic rings. The highest BCUT2D eigenvalue weighted by Gasteiger charge is 1.89. The van der Waals surface area contributed by atoms with Crippen molar-refractivity contribution >= 4 is 5.69 Å². The van der Waals surface area contributed by atoms with Crippen LogP contribution in [0, 0.1) is 0 Å². The number of nitrogen functional groups attached to an aromatic ring is 1. The summed E-state index contributed by atoms with van der Waals surface area (Å²) < 4.78 is 5.20. The third-order valence-electron chi connectivity index (χ3n) is 1.28. The summed E-state index contributed by atoms with van der Waals surface area (Å²) in [4.78, 5) is 0. The first-order valence-electron chi connectivity index (χ1n) is 3.62. The van der Waals surface area contributed by atoms with E-state index in [1.165, 1.54) is 0 Å². The lowest BCUT2D eigenvalue weighted by Gasteiger charge is -1.99. The number of hydrogen-bond donors (Lipinski definition) is 1. The van der Waals surface area contributed by atoms with Crippen molar-refractivity contribution in [2.45, 2.75) is 0 Å². The molecule has 1 rings (SSSR count). The molecule has 0 saturated carbocycles. The van der Waals surface area contributed by atoms with Crippen LogP contribution in [0.4, 0.5) is 5.69 Å². The third-order valence-corrected chi connectivity index (χ3v) is 1.28. The van der Waals surface area contributed by atoms with E-state index in [2.05, 4.69) is 6.58 Å².